The normalized spacial score (nSPS) is 17.6. The predicted molar refractivity (Wildman–Crippen MR) is 114 cm³/mol. The number of nitrogens with zero attached hydrogens (tertiary/aromatic N) is 9. The fourth-order valence-corrected chi connectivity index (χ4v) is 4.20. The number of imidazole rings is 1. The average molecular weight is 487 g/mol. The summed E-state index contributed by atoms with van der Waals surface area (Å²) in [6.07, 6.45) is 6.16. The van der Waals surface area contributed by atoms with E-state index >= 15 is 0 Å². The number of aromatic nitrogens is 9. The zero-order valence-corrected chi connectivity index (χ0v) is 18.9. The molecule has 12 heteroatoms. The number of fused-ring (bicyclic) bond motifs is 1. The Morgan fingerprint density at radius 3 is 3.00 bits per heavy atom. The number of tetrazole rings is 1. The Morgan fingerprint density at radius 1 is 1.35 bits per heavy atom. The third-order valence-electron chi connectivity index (χ3n) is 5.45. The zero-order chi connectivity index (χ0) is 21.4. The molecule has 1 aliphatic heterocycles. The van der Waals surface area contributed by atoms with Gasteiger partial charge in [-0.3, -0.25) is 10.00 Å². The Labute approximate surface area is 187 Å². The Balaban J connectivity index is 1.43. The van der Waals surface area contributed by atoms with Crippen molar-refractivity contribution >= 4 is 21.6 Å². The number of hydrogen-bond acceptors (Lipinski definition) is 8. The SMILES string of the molecule is Cc1nc(C(NCc2cn3cccc(Br)c3n2)c2nnnn2CC2CCCO2)nn1C. The lowest BCUT2D eigenvalue weighted by Gasteiger charge is -2.16. The third-order valence-corrected chi connectivity index (χ3v) is 6.06. The molecule has 2 atom stereocenters. The summed E-state index contributed by atoms with van der Waals surface area (Å²) in [5, 5.41) is 20.5. The van der Waals surface area contributed by atoms with Crippen LogP contribution in [0.5, 0.6) is 0 Å². The maximum Gasteiger partial charge on any atom is 0.176 e. The minimum atomic E-state index is -0.385. The van der Waals surface area contributed by atoms with Gasteiger partial charge in [-0.1, -0.05) is 0 Å². The van der Waals surface area contributed by atoms with Crippen LogP contribution >= 0.6 is 15.9 Å². The summed E-state index contributed by atoms with van der Waals surface area (Å²) in [6.45, 7) is 3.81. The van der Waals surface area contributed by atoms with Gasteiger partial charge in [0.15, 0.2) is 17.3 Å². The lowest BCUT2D eigenvalue weighted by Crippen LogP contribution is -2.28. The van der Waals surface area contributed by atoms with E-state index in [0.717, 1.165) is 41.1 Å². The summed E-state index contributed by atoms with van der Waals surface area (Å²) in [7, 11) is 1.87. The summed E-state index contributed by atoms with van der Waals surface area (Å²) in [6, 6.07) is 3.56. The molecule has 0 bridgehead atoms. The van der Waals surface area contributed by atoms with Crippen LogP contribution in [0.2, 0.25) is 0 Å². The molecule has 4 aromatic rings. The van der Waals surface area contributed by atoms with Crippen molar-refractivity contribution in [3.8, 4) is 0 Å². The third kappa shape index (κ3) is 4.10. The van der Waals surface area contributed by atoms with Gasteiger partial charge in [0.1, 0.15) is 11.9 Å². The average Bonchev–Trinajstić information content (AvgIpc) is 3.53. The van der Waals surface area contributed by atoms with Gasteiger partial charge in [0.05, 0.1) is 22.8 Å². The van der Waals surface area contributed by atoms with Crippen LogP contribution in [0.15, 0.2) is 29.0 Å². The van der Waals surface area contributed by atoms with Gasteiger partial charge in [0, 0.05) is 32.6 Å². The van der Waals surface area contributed by atoms with E-state index in [1.807, 2.05) is 42.9 Å². The number of nitrogens with one attached hydrogen (secondary N) is 1. The number of ether oxygens (including phenoxy) is 1. The molecule has 1 N–H and O–H groups in total. The maximum absolute atomic E-state index is 5.77. The van der Waals surface area contributed by atoms with Crippen molar-refractivity contribution in [1.82, 2.24) is 49.7 Å². The van der Waals surface area contributed by atoms with Crippen LogP contribution < -0.4 is 5.32 Å². The molecule has 1 fully saturated rings. The van der Waals surface area contributed by atoms with Crippen molar-refractivity contribution < 1.29 is 4.74 Å². The maximum atomic E-state index is 5.77. The first-order chi connectivity index (χ1) is 15.1. The van der Waals surface area contributed by atoms with Gasteiger partial charge in [-0.05, 0) is 58.3 Å². The van der Waals surface area contributed by atoms with E-state index < -0.39 is 0 Å². The van der Waals surface area contributed by atoms with Gasteiger partial charge < -0.3 is 9.14 Å². The van der Waals surface area contributed by atoms with Crippen LogP contribution in [0.1, 0.15) is 42.1 Å². The molecule has 4 aromatic heterocycles. The molecule has 1 saturated heterocycles. The molecule has 162 valence electrons. The topological polar surface area (TPSA) is 113 Å². The summed E-state index contributed by atoms with van der Waals surface area (Å²) in [5.74, 6) is 2.09. The first-order valence-electron chi connectivity index (χ1n) is 10.2. The molecular formula is C19H23BrN10O. The summed E-state index contributed by atoms with van der Waals surface area (Å²) >= 11 is 3.55. The van der Waals surface area contributed by atoms with E-state index in [0.29, 0.717) is 24.7 Å². The van der Waals surface area contributed by atoms with Crippen molar-refractivity contribution in [3.63, 3.8) is 0 Å². The Morgan fingerprint density at radius 2 is 2.26 bits per heavy atom. The van der Waals surface area contributed by atoms with E-state index in [2.05, 4.69) is 46.9 Å². The standard InChI is InChI=1S/C19H23BrN10O/c1-12-22-17(25-28(12)2)16(19-24-26-27-30(19)11-14-5-4-8-31-14)21-9-13-10-29-7-3-6-15(20)18(29)23-13/h3,6-7,10,14,16,21H,4-5,8-9,11H2,1-2H3. The van der Waals surface area contributed by atoms with Crippen LogP contribution in [0.3, 0.4) is 0 Å². The van der Waals surface area contributed by atoms with Crippen molar-refractivity contribution in [2.24, 2.45) is 7.05 Å². The lowest BCUT2D eigenvalue weighted by atomic mass is 10.2. The molecule has 5 rings (SSSR count). The van der Waals surface area contributed by atoms with Crippen molar-refractivity contribution in [2.45, 2.75) is 45.0 Å². The van der Waals surface area contributed by atoms with Gasteiger partial charge in [-0.2, -0.15) is 5.10 Å². The summed E-state index contributed by atoms with van der Waals surface area (Å²) in [5.41, 5.74) is 1.76. The number of rotatable bonds is 7. The monoisotopic (exact) mass is 486 g/mol. The van der Waals surface area contributed by atoms with Crippen molar-refractivity contribution in [3.05, 3.63) is 52.2 Å². The van der Waals surface area contributed by atoms with Gasteiger partial charge in [-0.15, -0.1) is 5.10 Å². The predicted octanol–water partition coefficient (Wildman–Crippen LogP) is 1.58. The number of aryl methyl sites for hydroxylation is 2. The first kappa shape index (κ1) is 20.2. The van der Waals surface area contributed by atoms with Gasteiger partial charge in [0.2, 0.25) is 0 Å². The molecule has 0 spiro atoms. The number of hydrogen-bond donors (Lipinski definition) is 1. The van der Waals surface area contributed by atoms with Crippen LogP contribution in [-0.4, -0.2) is 57.1 Å². The van der Waals surface area contributed by atoms with E-state index in [4.69, 9.17) is 9.72 Å². The number of pyridine rings is 1. The van der Waals surface area contributed by atoms with Gasteiger partial charge in [0.25, 0.3) is 0 Å². The summed E-state index contributed by atoms with van der Waals surface area (Å²) in [4.78, 5) is 9.34. The second-order valence-corrected chi connectivity index (χ2v) is 8.48. The smallest absolute Gasteiger partial charge is 0.176 e. The number of halogens is 1. The second kappa shape index (κ2) is 8.44. The van der Waals surface area contributed by atoms with Crippen molar-refractivity contribution in [1.29, 1.82) is 0 Å². The first-order valence-corrected chi connectivity index (χ1v) is 11.0. The Hall–Kier alpha value is -2.70. The van der Waals surface area contributed by atoms with E-state index in [-0.39, 0.29) is 12.1 Å². The van der Waals surface area contributed by atoms with E-state index in [9.17, 15) is 0 Å². The highest BCUT2D eigenvalue weighted by Crippen LogP contribution is 2.21. The molecule has 2 unspecified atom stereocenters. The molecule has 0 radical (unpaired) electrons. The fourth-order valence-electron chi connectivity index (χ4n) is 3.76. The fraction of sp³-hybridized carbons (Fsp3) is 0.474. The molecule has 11 nitrogen and oxygen atoms in total. The van der Waals surface area contributed by atoms with Crippen LogP contribution in [0.25, 0.3) is 5.65 Å². The molecular weight excluding hydrogens is 464 g/mol. The Bertz CT molecular complexity index is 1170. The van der Waals surface area contributed by atoms with Gasteiger partial charge >= 0.3 is 0 Å². The minimum absolute atomic E-state index is 0.122. The van der Waals surface area contributed by atoms with Crippen LogP contribution in [0, 0.1) is 6.92 Å². The summed E-state index contributed by atoms with van der Waals surface area (Å²) < 4.78 is 12.2. The quantitative estimate of drug-likeness (QED) is 0.418. The second-order valence-electron chi connectivity index (χ2n) is 7.63. The molecule has 0 aliphatic carbocycles. The van der Waals surface area contributed by atoms with Crippen molar-refractivity contribution in [2.75, 3.05) is 6.61 Å². The lowest BCUT2D eigenvalue weighted by molar-refractivity contribution is 0.0922. The van der Waals surface area contributed by atoms with Crippen LogP contribution in [-0.2, 0) is 24.9 Å². The minimum Gasteiger partial charge on any atom is -0.376 e. The highest BCUT2D eigenvalue weighted by atomic mass is 79.9. The van der Waals surface area contributed by atoms with E-state index in [1.54, 1.807) is 9.36 Å². The molecule has 5 heterocycles. The molecule has 0 saturated carbocycles. The molecule has 1 aliphatic rings. The molecule has 0 aromatic carbocycles. The van der Waals surface area contributed by atoms with Crippen LogP contribution in [0.4, 0.5) is 0 Å². The highest BCUT2D eigenvalue weighted by molar-refractivity contribution is 9.10. The van der Waals surface area contributed by atoms with Gasteiger partial charge in [-0.25, -0.2) is 14.6 Å². The molecule has 0 amide bonds. The zero-order valence-electron chi connectivity index (χ0n) is 17.3. The largest absolute Gasteiger partial charge is 0.376 e. The highest BCUT2D eigenvalue weighted by Gasteiger charge is 2.27. The van der Waals surface area contributed by atoms with E-state index in [1.165, 1.54) is 0 Å². The Kier molecular flexibility index (Phi) is 5.50. The molecule has 31 heavy (non-hydrogen) atoms.